The third-order valence-electron chi connectivity index (χ3n) is 3.61. The molecule has 0 saturated carbocycles. The largest absolute Gasteiger partial charge is 0.0695 e. The van der Waals surface area contributed by atoms with Crippen molar-refractivity contribution >= 4 is 5.57 Å². The van der Waals surface area contributed by atoms with Gasteiger partial charge in [-0.2, -0.15) is 0 Å². The molecule has 0 bridgehead atoms. The molecular formula is C16H22. The van der Waals surface area contributed by atoms with Crippen molar-refractivity contribution < 1.29 is 0 Å². The van der Waals surface area contributed by atoms with E-state index in [0.29, 0.717) is 0 Å². The number of allylic oxidation sites excluding steroid dienone is 2. The summed E-state index contributed by atoms with van der Waals surface area (Å²) in [5, 5.41) is 0. The molecule has 0 nitrogen and oxygen atoms in total. The topological polar surface area (TPSA) is 0 Å². The van der Waals surface area contributed by atoms with Gasteiger partial charge in [-0.3, -0.25) is 0 Å². The van der Waals surface area contributed by atoms with Gasteiger partial charge in [0.15, 0.2) is 0 Å². The SMILES string of the molecule is CCCC(C)=C1CCCCc2ccccc21. The van der Waals surface area contributed by atoms with Gasteiger partial charge >= 0.3 is 0 Å². The van der Waals surface area contributed by atoms with Crippen LogP contribution in [0.15, 0.2) is 29.8 Å². The van der Waals surface area contributed by atoms with E-state index in [2.05, 4.69) is 38.1 Å². The van der Waals surface area contributed by atoms with Crippen molar-refractivity contribution in [2.45, 2.75) is 52.4 Å². The van der Waals surface area contributed by atoms with Crippen LogP contribution in [0.2, 0.25) is 0 Å². The highest BCUT2D eigenvalue weighted by molar-refractivity contribution is 5.71. The van der Waals surface area contributed by atoms with Crippen LogP contribution in [0.1, 0.15) is 57.1 Å². The van der Waals surface area contributed by atoms with Crippen LogP contribution in [0.5, 0.6) is 0 Å². The molecule has 0 N–H and O–H groups in total. The average molecular weight is 214 g/mol. The van der Waals surface area contributed by atoms with Crippen molar-refractivity contribution in [2.75, 3.05) is 0 Å². The number of fused-ring (bicyclic) bond motifs is 1. The summed E-state index contributed by atoms with van der Waals surface area (Å²) in [7, 11) is 0. The Morgan fingerprint density at radius 3 is 2.69 bits per heavy atom. The lowest BCUT2D eigenvalue weighted by Gasteiger charge is -2.12. The first-order valence-electron chi connectivity index (χ1n) is 6.60. The quantitative estimate of drug-likeness (QED) is 0.609. The first-order valence-corrected chi connectivity index (χ1v) is 6.60. The molecular weight excluding hydrogens is 192 g/mol. The Labute approximate surface area is 99.4 Å². The van der Waals surface area contributed by atoms with Crippen LogP contribution in [0, 0.1) is 0 Å². The Bertz CT molecular complexity index is 385. The van der Waals surface area contributed by atoms with Crippen LogP contribution in [0.3, 0.4) is 0 Å². The van der Waals surface area contributed by atoms with Crippen molar-refractivity contribution in [3.05, 3.63) is 41.0 Å². The van der Waals surface area contributed by atoms with Gasteiger partial charge in [-0.15, -0.1) is 0 Å². The monoisotopic (exact) mass is 214 g/mol. The van der Waals surface area contributed by atoms with E-state index in [0.717, 1.165) is 0 Å². The van der Waals surface area contributed by atoms with E-state index >= 15 is 0 Å². The van der Waals surface area contributed by atoms with Crippen molar-refractivity contribution in [1.29, 1.82) is 0 Å². The highest BCUT2D eigenvalue weighted by Gasteiger charge is 2.13. The van der Waals surface area contributed by atoms with Gasteiger partial charge in [0.1, 0.15) is 0 Å². The molecule has 0 radical (unpaired) electrons. The fourth-order valence-corrected chi connectivity index (χ4v) is 2.75. The summed E-state index contributed by atoms with van der Waals surface area (Å²) in [5.41, 5.74) is 6.34. The number of hydrogen-bond acceptors (Lipinski definition) is 0. The Morgan fingerprint density at radius 2 is 1.88 bits per heavy atom. The molecule has 0 atom stereocenters. The Hall–Kier alpha value is -1.04. The first kappa shape index (κ1) is 11.4. The van der Waals surface area contributed by atoms with E-state index in [1.807, 2.05) is 0 Å². The van der Waals surface area contributed by atoms with E-state index < -0.39 is 0 Å². The van der Waals surface area contributed by atoms with Gasteiger partial charge in [-0.05, 0) is 55.7 Å². The van der Waals surface area contributed by atoms with Gasteiger partial charge < -0.3 is 0 Å². The maximum absolute atomic E-state index is 2.32. The molecule has 0 heterocycles. The average Bonchev–Trinajstić information content (AvgIpc) is 2.51. The second-order valence-electron chi connectivity index (χ2n) is 4.87. The molecule has 16 heavy (non-hydrogen) atoms. The van der Waals surface area contributed by atoms with Crippen LogP contribution in [-0.2, 0) is 6.42 Å². The maximum atomic E-state index is 2.32. The van der Waals surface area contributed by atoms with Crippen LogP contribution in [0.25, 0.3) is 5.57 Å². The predicted octanol–water partition coefficient (Wildman–Crippen LogP) is 4.99. The highest BCUT2D eigenvalue weighted by Crippen LogP contribution is 2.32. The fourth-order valence-electron chi connectivity index (χ4n) is 2.75. The lowest BCUT2D eigenvalue weighted by Crippen LogP contribution is -1.92. The minimum Gasteiger partial charge on any atom is -0.0695 e. The summed E-state index contributed by atoms with van der Waals surface area (Å²) < 4.78 is 0. The second-order valence-corrected chi connectivity index (χ2v) is 4.87. The van der Waals surface area contributed by atoms with Gasteiger partial charge in [-0.25, -0.2) is 0 Å². The predicted molar refractivity (Wildman–Crippen MR) is 71.5 cm³/mol. The van der Waals surface area contributed by atoms with E-state index in [1.54, 1.807) is 16.7 Å². The third-order valence-corrected chi connectivity index (χ3v) is 3.61. The van der Waals surface area contributed by atoms with Crippen LogP contribution >= 0.6 is 0 Å². The molecule has 0 aliphatic heterocycles. The van der Waals surface area contributed by atoms with Gasteiger partial charge in [-0.1, -0.05) is 43.2 Å². The maximum Gasteiger partial charge on any atom is -0.0193 e. The van der Waals surface area contributed by atoms with Crippen molar-refractivity contribution in [2.24, 2.45) is 0 Å². The molecule has 0 heteroatoms. The number of benzene rings is 1. The van der Waals surface area contributed by atoms with E-state index in [1.165, 1.54) is 44.1 Å². The molecule has 1 aliphatic carbocycles. The van der Waals surface area contributed by atoms with E-state index in [9.17, 15) is 0 Å². The van der Waals surface area contributed by atoms with Gasteiger partial charge in [0, 0.05) is 0 Å². The zero-order valence-corrected chi connectivity index (χ0v) is 10.6. The summed E-state index contributed by atoms with van der Waals surface area (Å²) in [6, 6.07) is 8.98. The zero-order valence-electron chi connectivity index (χ0n) is 10.6. The molecule has 0 unspecified atom stereocenters. The first-order chi connectivity index (χ1) is 7.83. The van der Waals surface area contributed by atoms with Gasteiger partial charge in [0.05, 0.1) is 0 Å². The Morgan fingerprint density at radius 1 is 1.12 bits per heavy atom. The lowest BCUT2D eigenvalue weighted by molar-refractivity contribution is 0.768. The van der Waals surface area contributed by atoms with E-state index in [4.69, 9.17) is 0 Å². The normalized spacial score (nSPS) is 18.9. The number of rotatable bonds is 2. The minimum absolute atomic E-state index is 1.25. The highest BCUT2D eigenvalue weighted by atomic mass is 14.2. The Balaban J connectivity index is 2.43. The van der Waals surface area contributed by atoms with Crippen LogP contribution in [0.4, 0.5) is 0 Å². The molecule has 0 fully saturated rings. The molecule has 2 rings (SSSR count). The molecule has 0 spiro atoms. The molecule has 1 aromatic carbocycles. The second kappa shape index (κ2) is 5.34. The summed E-state index contributed by atoms with van der Waals surface area (Å²) >= 11 is 0. The molecule has 0 saturated heterocycles. The standard InChI is InChI=1S/C16H22/c1-3-8-13(2)15-11-6-4-9-14-10-5-7-12-16(14)15/h5,7,10,12H,3-4,6,8-9,11H2,1-2H3. The van der Waals surface area contributed by atoms with Crippen LogP contribution < -0.4 is 0 Å². The van der Waals surface area contributed by atoms with Crippen molar-refractivity contribution in [1.82, 2.24) is 0 Å². The van der Waals surface area contributed by atoms with Gasteiger partial charge in [0.2, 0.25) is 0 Å². The number of hydrogen-bond donors (Lipinski definition) is 0. The van der Waals surface area contributed by atoms with Crippen molar-refractivity contribution in [3.8, 4) is 0 Å². The fraction of sp³-hybridized carbons (Fsp3) is 0.500. The van der Waals surface area contributed by atoms with Gasteiger partial charge in [0.25, 0.3) is 0 Å². The molecule has 0 aromatic heterocycles. The number of aryl methyl sites for hydroxylation is 1. The zero-order chi connectivity index (χ0) is 11.4. The van der Waals surface area contributed by atoms with Crippen molar-refractivity contribution in [3.63, 3.8) is 0 Å². The van der Waals surface area contributed by atoms with E-state index in [-0.39, 0.29) is 0 Å². The molecule has 1 aromatic rings. The summed E-state index contributed by atoms with van der Waals surface area (Å²) in [6.07, 6.45) is 7.76. The van der Waals surface area contributed by atoms with Crippen LogP contribution in [-0.4, -0.2) is 0 Å². The Kier molecular flexibility index (Phi) is 3.82. The molecule has 1 aliphatic rings. The smallest absolute Gasteiger partial charge is 0.0193 e. The summed E-state index contributed by atoms with van der Waals surface area (Å²) in [6.45, 7) is 4.59. The minimum atomic E-state index is 1.25. The lowest BCUT2D eigenvalue weighted by atomic mass is 9.93. The third kappa shape index (κ3) is 2.37. The summed E-state index contributed by atoms with van der Waals surface area (Å²) in [5.74, 6) is 0. The molecule has 0 amide bonds. The summed E-state index contributed by atoms with van der Waals surface area (Å²) in [4.78, 5) is 0. The molecule has 86 valence electrons.